The van der Waals surface area contributed by atoms with E-state index in [2.05, 4.69) is 9.82 Å². The van der Waals surface area contributed by atoms with Crippen molar-refractivity contribution in [1.29, 1.82) is 0 Å². The molecule has 1 heterocycles. The van der Waals surface area contributed by atoms with Gasteiger partial charge in [-0.1, -0.05) is 0 Å². The summed E-state index contributed by atoms with van der Waals surface area (Å²) in [6, 6.07) is 2.82. The van der Waals surface area contributed by atoms with Crippen molar-refractivity contribution in [2.45, 2.75) is 0 Å². The minimum absolute atomic E-state index is 0.0246. The van der Waals surface area contributed by atoms with Gasteiger partial charge in [0.1, 0.15) is 11.4 Å². The molecule has 1 N–H and O–H groups in total. The summed E-state index contributed by atoms with van der Waals surface area (Å²) in [6.07, 6.45) is 1.21. The second-order valence-corrected chi connectivity index (χ2v) is 2.39. The number of hydrogen-bond acceptors (Lipinski definition) is 4. The summed E-state index contributed by atoms with van der Waals surface area (Å²) in [5, 5.41) is 9.97. The highest BCUT2D eigenvalue weighted by atomic mass is 16.7. The first-order valence-corrected chi connectivity index (χ1v) is 3.62. The fourth-order valence-corrected chi connectivity index (χ4v) is 0.757. The molecule has 0 aliphatic rings. The summed E-state index contributed by atoms with van der Waals surface area (Å²) >= 11 is 0. The number of nitrogens with zero attached hydrogens (tertiary/aromatic N) is 2. The van der Waals surface area contributed by atoms with E-state index < -0.39 is 0 Å². The molecule has 0 aliphatic heterocycles. The highest BCUT2D eigenvalue weighted by molar-refractivity contribution is 5.91. The van der Waals surface area contributed by atoms with Crippen molar-refractivity contribution in [2.24, 2.45) is 0 Å². The standard InChI is InChI=1S/C8H10N2O3/c1-10(13-2)8(12)7-4-3-6(11)5-9-7/h3-5,11H,1-2H3. The number of pyridine rings is 1. The lowest BCUT2D eigenvalue weighted by Gasteiger charge is -2.12. The van der Waals surface area contributed by atoms with Gasteiger partial charge in [0.25, 0.3) is 5.91 Å². The van der Waals surface area contributed by atoms with Crippen molar-refractivity contribution < 1.29 is 14.7 Å². The molecule has 0 unspecified atom stereocenters. The van der Waals surface area contributed by atoms with Crippen molar-refractivity contribution in [2.75, 3.05) is 14.2 Å². The van der Waals surface area contributed by atoms with Gasteiger partial charge in [-0.3, -0.25) is 9.63 Å². The zero-order valence-corrected chi connectivity index (χ0v) is 7.39. The van der Waals surface area contributed by atoms with E-state index in [-0.39, 0.29) is 17.4 Å². The Morgan fingerprint density at radius 2 is 2.31 bits per heavy atom. The molecule has 5 nitrogen and oxygen atoms in total. The fraction of sp³-hybridized carbons (Fsp3) is 0.250. The van der Waals surface area contributed by atoms with E-state index in [1.807, 2.05) is 0 Å². The lowest BCUT2D eigenvalue weighted by atomic mass is 10.3. The third-order valence-corrected chi connectivity index (χ3v) is 1.53. The van der Waals surface area contributed by atoms with E-state index in [9.17, 15) is 4.79 Å². The van der Waals surface area contributed by atoms with Crippen LogP contribution in [0.5, 0.6) is 5.75 Å². The number of carbonyl (C=O) groups is 1. The highest BCUT2D eigenvalue weighted by Gasteiger charge is 2.11. The molecule has 13 heavy (non-hydrogen) atoms. The molecule has 0 radical (unpaired) electrons. The Labute approximate surface area is 75.5 Å². The molecule has 1 amide bonds. The summed E-state index contributed by atoms with van der Waals surface area (Å²) in [6.45, 7) is 0. The van der Waals surface area contributed by atoms with Crippen molar-refractivity contribution in [3.63, 3.8) is 0 Å². The van der Waals surface area contributed by atoms with Gasteiger partial charge in [-0.05, 0) is 12.1 Å². The van der Waals surface area contributed by atoms with Gasteiger partial charge < -0.3 is 5.11 Å². The van der Waals surface area contributed by atoms with Crippen molar-refractivity contribution in [3.05, 3.63) is 24.0 Å². The average molecular weight is 182 g/mol. The summed E-state index contributed by atoms with van der Waals surface area (Å²) < 4.78 is 0. The molecule has 0 saturated heterocycles. The van der Waals surface area contributed by atoms with Crippen molar-refractivity contribution >= 4 is 5.91 Å². The summed E-state index contributed by atoms with van der Waals surface area (Å²) in [7, 11) is 2.87. The third kappa shape index (κ3) is 2.16. The smallest absolute Gasteiger partial charge is 0.295 e. The molecular formula is C8H10N2O3. The van der Waals surface area contributed by atoms with E-state index in [1.54, 1.807) is 0 Å². The second-order valence-electron chi connectivity index (χ2n) is 2.39. The molecule has 70 valence electrons. The van der Waals surface area contributed by atoms with Crippen LogP contribution in [0.15, 0.2) is 18.3 Å². The van der Waals surface area contributed by atoms with Crippen molar-refractivity contribution in [3.8, 4) is 5.75 Å². The summed E-state index contributed by atoms with van der Waals surface area (Å²) in [5.41, 5.74) is 0.224. The van der Waals surface area contributed by atoms with Gasteiger partial charge in [-0.25, -0.2) is 10.0 Å². The third-order valence-electron chi connectivity index (χ3n) is 1.53. The molecule has 0 saturated carbocycles. The van der Waals surface area contributed by atoms with Gasteiger partial charge in [-0.15, -0.1) is 0 Å². The maximum Gasteiger partial charge on any atom is 0.295 e. The van der Waals surface area contributed by atoms with E-state index in [0.29, 0.717) is 0 Å². The molecule has 1 aromatic heterocycles. The first-order valence-electron chi connectivity index (χ1n) is 3.62. The lowest BCUT2D eigenvalue weighted by Crippen LogP contribution is -2.26. The SMILES string of the molecule is CON(C)C(=O)c1ccc(O)cn1. The van der Waals surface area contributed by atoms with Crippen LogP contribution in [0, 0.1) is 0 Å². The molecular weight excluding hydrogens is 172 g/mol. The van der Waals surface area contributed by atoms with E-state index in [1.165, 1.54) is 32.5 Å². The van der Waals surface area contributed by atoms with Gasteiger partial charge in [0.15, 0.2) is 0 Å². The minimum Gasteiger partial charge on any atom is -0.506 e. The topological polar surface area (TPSA) is 62.7 Å². The van der Waals surface area contributed by atoms with Crippen molar-refractivity contribution in [1.82, 2.24) is 10.0 Å². The first-order chi connectivity index (χ1) is 6.15. The maximum atomic E-state index is 11.3. The Bertz CT molecular complexity index is 297. The molecule has 0 aromatic carbocycles. The highest BCUT2D eigenvalue weighted by Crippen LogP contribution is 2.07. The van der Waals surface area contributed by atoms with Gasteiger partial charge in [-0.2, -0.15) is 0 Å². The van der Waals surface area contributed by atoms with Gasteiger partial charge in [0.05, 0.1) is 13.3 Å². The lowest BCUT2D eigenvalue weighted by molar-refractivity contribution is -0.0760. The Balaban J connectivity index is 2.83. The Hall–Kier alpha value is -1.62. The number of aromatic hydroxyl groups is 1. The fourth-order valence-electron chi connectivity index (χ4n) is 0.757. The second kappa shape index (κ2) is 3.86. The normalized spacial score (nSPS) is 9.69. The Morgan fingerprint density at radius 3 is 2.77 bits per heavy atom. The van der Waals surface area contributed by atoms with Crippen LogP contribution in [0.1, 0.15) is 10.5 Å². The predicted molar refractivity (Wildman–Crippen MR) is 45.0 cm³/mol. The number of hydroxylamine groups is 2. The number of rotatable bonds is 2. The quantitative estimate of drug-likeness (QED) is 0.673. The maximum absolute atomic E-state index is 11.3. The van der Waals surface area contributed by atoms with Gasteiger partial charge >= 0.3 is 0 Å². The number of amides is 1. The monoisotopic (exact) mass is 182 g/mol. The predicted octanol–water partition coefficient (Wildman–Crippen LogP) is 0.421. The van der Waals surface area contributed by atoms with Crippen LogP contribution in [-0.4, -0.2) is 35.2 Å². The number of carbonyl (C=O) groups excluding carboxylic acids is 1. The molecule has 1 rings (SSSR count). The van der Waals surface area contributed by atoms with Gasteiger partial charge in [0, 0.05) is 7.05 Å². The zero-order chi connectivity index (χ0) is 9.84. The number of aromatic nitrogens is 1. The zero-order valence-electron chi connectivity index (χ0n) is 7.39. The van der Waals surface area contributed by atoms with Crippen LogP contribution in [-0.2, 0) is 4.84 Å². The Kier molecular flexibility index (Phi) is 2.81. The van der Waals surface area contributed by atoms with Crippen LogP contribution in [0.4, 0.5) is 0 Å². The molecule has 0 fully saturated rings. The van der Waals surface area contributed by atoms with E-state index in [4.69, 9.17) is 5.11 Å². The van der Waals surface area contributed by atoms with Crippen LogP contribution in [0.25, 0.3) is 0 Å². The summed E-state index contributed by atoms with van der Waals surface area (Å²) in [5.74, 6) is -0.334. The molecule has 0 atom stereocenters. The Morgan fingerprint density at radius 1 is 1.62 bits per heavy atom. The van der Waals surface area contributed by atoms with E-state index >= 15 is 0 Å². The van der Waals surface area contributed by atoms with Crippen LogP contribution in [0.3, 0.4) is 0 Å². The van der Waals surface area contributed by atoms with E-state index in [0.717, 1.165) is 5.06 Å². The van der Waals surface area contributed by atoms with Crippen LogP contribution in [0.2, 0.25) is 0 Å². The minimum atomic E-state index is -0.359. The molecule has 1 aromatic rings. The summed E-state index contributed by atoms with van der Waals surface area (Å²) in [4.78, 5) is 19.7. The molecule has 0 bridgehead atoms. The van der Waals surface area contributed by atoms with Crippen LogP contribution < -0.4 is 0 Å². The average Bonchev–Trinajstić information content (AvgIpc) is 2.17. The molecule has 0 spiro atoms. The number of hydrogen-bond donors (Lipinski definition) is 1. The van der Waals surface area contributed by atoms with Gasteiger partial charge in [0.2, 0.25) is 0 Å². The van der Waals surface area contributed by atoms with Crippen LogP contribution >= 0.6 is 0 Å². The molecule has 5 heteroatoms. The first kappa shape index (κ1) is 9.47. The largest absolute Gasteiger partial charge is 0.506 e. The molecule has 0 aliphatic carbocycles.